The number of carboxylic acids is 2. The molecule has 0 bridgehead atoms. The first-order valence-electron chi connectivity index (χ1n) is 5.11. The molecule has 0 aliphatic heterocycles. The van der Waals surface area contributed by atoms with Gasteiger partial charge in [-0.1, -0.05) is 0 Å². The lowest BCUT2D eigenvalue weighted by atomic mass is 10.1. The molecule has 0 atom stereocenters. The highest BCUT2D eigenvalue weighted by Crippen LogP contribution is 2.28. The van der Waals surface area contributed by atoms with Crippen LogP contribution in [0.25, 0.3) is 11.4 Å². The van der Waals surface area contributed by atoms with Gasteiger partial charge in [-0.15, -0.1) is 0 Å². The van der Waals surface area contributed by atoms with Gasteiger partial charge in [0.2, 0.25) is 0 Å². The SMILES string of the molecule is O=C(O)c1ccnc(-c2nccc(C(=O)O)c2O)c1. The van der Waals surface area contributed by atoms with Crippen molar-refractivity contribution in [2.75, 3.05) is 0 Å². The largest absolute Gasteiger partial charge is 0.505 e. The standard InChI is InChI=1S/C12H8N2O5/c15-10-7(12(18)19)2-4-14-9(10)8-5-6(11(16)17)1-3-13-8/h1-5,15H,(H,16,17)(H,18,19). The third-order valence-electron chi connectivity index (χ3n) is 2.40. The third-order valence-corrected chi connectivity index (χ3v) is 2.40. The second-order valence-electron chi connectivity index (χ2n) is 3.60. The first kappa shape index (κ1) is 12.5. The van der Waals surface area contributed by atoms with E-state index in [9.17, 15) is 14.7 Å². The van der Waals surface area contributed by atoms with Gasteiger partial charge in [0.15, 0.2) is 5.75 Å². The predicted molar refractivity (Wildman–Crippen MR) is 63.1 cm³/mol. The summed E-state index contributed by atoms with van der Waals surface area (Å²) in [7, 11) is 0. The molecular weight excluding hydrogens is 252 g/mol. The second-order valence-corrected chi connectivity index (χ2v) is 3.60. The van der Waals surface area contributed by atoms with Crippen molar-refractivity contribution in [1.82, 2.24) is 9.97 Å². The first-order valence-corrected chi connectivity index (χ1v) is 5.11. The number of carboxylic acid groups (broad SMARTS) is 2. The van der Waals surface area contributed by atoms with Gasteiger partial charge in [0.1, 0.15) is 11.3 Å². The Bertz CT molecular complexity index is 669. The zero-order chi connectivity index (χ0) is 14.0. The van der Waals surface area contributed by atoms with Crippen molar-refractivity contribution in [2.24, 2.45) is 0 Å². The summed E-state index contributed by atoms with van der Waals surface area (Å²) in [5.74, 6) is -3.02. The summed E-state index contributed by atoms with van der Waals surface area (Å²) in [6, 6.07) is 3.63. The maximum Gasteiger partial charge on any atom is 0.339 e. The Labute approximate surface area is 106 Å². The Kier molecular flexibility index (Phi) is 3.11. The van der Waals surface area contributed by atoms with Gasteiger partial charge < -0.3 is 15.3 Å². The highest BCUT2D eigenvalue weighted by atomic mass is 16.4. The molecule has 0 aliphatic carbocycles. The molecule has 0 saturated carbocycles. The molecule has 0 aliphatic rings. The Balaban J connectivity index is 2.59. The van der Waals surface area contributed by atoms with Crippen LogP contribution < -0.4 is 0 Å². The monoisotopic (exact) mass is 260 g/mol. The van der Waals surface area contributed by atoms with Gasteiger partial charge >= 0.3 is 11.9 Å². The Morgan fingerprint density at radius 2 is 1.68 bits per heavy atom. The molecular formula is C12H8N2O5. The number of carbonyl (C=O) groups is 2. The van der Waals surface area contributed by atoms with E-state index < -0.39 is 17.7 Å². The normalized spacial score (nSPS) is 10.1. The highest BCUT2D eigenvalue weighted by Gasteiger charge is 2.17. The van der Waals surface area contributed by atoms with Crippen LogP contribution in [0.4, 0.5) is 0 Å². The van der Waals surface area contributed by atoms with Gasteiger partial charge in [0.25, 0.3) is 0 Å². The Morgan fingerprint density at radius 3 is 2.32 bits per heavy atom. The van der Waals surface area contributed by atoms with Crippen LogP contribution in [0.3, 0.4) is 0 Å². The minimum atomic E-state index is -1.31. The minimum Gasteiger partial charge on any atom is -0.505 e. The number of pyridine rings is 2. The molecule has 7 heteroatoms. The molecule has 0 fully saturated rings. The quantitative estimate of drug-likeness (QED) is 0.759. The van der Waals surface area contributed by atoms with E-state index in [1.54, 1.807) is 0 Å². The van der Waals surface area contributed by atoms with Gasteiger partial charge in [-0.05, 0) is 18.2 Å². The zero-order valence-electron chi connectivity index (χ0n) is 9.44. The van der Waals surface area contributed by atoms with Gasteiger partial charge in [0.05, 0.1) is 11.3 Å². The lowest BCUT2D eigenvalue weighted by Crippen LogP contribution is -2.01. The molecule has 96 valence electrons. The average molecular weight is 260 g/mol. The van der Waals surface area contributed by atoms with E-state index in [0.717, 1.165) is 6.07 Å². The molecule has 0 aromatic carbocycles. The molecule has 19 heavy (non-hydrogen) atoms. The van der Waals surface area contributed by atoms with E-state index in [0.29, 0.717) is 0 Å². The maximum absolute atomic E-state index is 10.9. The van der Waals surface area contributed by atoms with Crippen molar-refractivity contribution in [2.45, 2.75) is 0 Å². The fourth-order valence-electron chi connectivity index (χ4n) is 1.51. The fraction of sp³-hybridized carbons (Fsp3) is 0. The van der Waals surface area contributed by atoms with Crippen LogP contribution in [0.1, 0.15) is 20.7 Å². The Hall–Kier alpha value is -2.96. The van der Waals surface area contributed by atoms with Crippen molar-refractivity contribution in [3.63, 3.8) is 0 Å². The van der Waals surface area contributed by atoms with Crippen LogP contribution in [-0.4, -0.2) is 37.2 Å². The van der Waals surface area contributed by atoms with E-state index >= 15 is 0 Å². The number of aromatic hydroxyl groups is 1. The summed E-state index contributed by atoms with van der Waals surface area (Å²) in [4.78, 5) is 29.4. The van der Waals surface area contributed by atoms with Gasteiger partial charge in [-0.2, -0.15) is 0 Å². The molecule has 0 amide bonds. The maximum atomic E-state index is 10.9. The molecule has 2 rings (SSSR count). The Morgan fingerprint density at radius 1 is 1.00 bits per heavy atom. The number of hydrogen-bond acceptors (Lipinski definition) is 5. The summed E-state index contributed by atoms with van der Waals surface area (Å²) in [6.45, 7) is 0. The van der Waals surface area contributed by atoms with Gasteiger partial charge in [-0.25, -0.2) is 9.59 Å². The molecule has 3 N–H and O–H groups in total. The van der Waals surface area contributed by atoms with Crippen molar-refractivity contribution in [3.8, 4) is 17.1 Å². The van der Waals surface area contributed by atoms with Gasteiger partial charge in [-0.3, -0.25) is 9.97 Å². The fourth-order valence-corrected chi connectivity index (χ4v) is 1.51. The van der Waals surface area contributed by atoms with Crippen molar-refractivity contribution in [3.05, 3.63) is 41.7 Å². The average Bonchev–Trinajstić information content (AvgIpc) is 2.38. The van der Waals surface area contributed by atoms with Crippen LogP contribution in [0.2, 0.25) is 0 Å². The van der Waals surface area contributed by atoms with Crippen molar-refractivity contribution >= 4 is 11.9 Å². The van der Waals surface area contributed by atoms with Crippen molar-refractivity contribution < 1.29 is 24.9 Å². The highest BCUT2D eigenvalue weighted by molar-refractivity contribution is 5.93. The lowest BCUT2D eigenvalue weighted by Gasteiger charge is -2.06. The molecule has 0 radical (unpaired) electrons. The summed E-state index contributed by atoms with van der Waals surface area (Å²) >= 11 is 0. The molecule has 2 aromatic heterocycles. The van der Waals surface area contributed by atoms with E-state index in [1.165, 1.54) is 24.5 Å². The summed E-state index contributed by atoms with van der Waals surface area (Å²) < 4.78 is 0. The second kappa shape index (κ2) is 4.73. The number of aromatic nitrogens is 2. The molecule has 7 nitrogen and oxygen atoms in total. The molecule has 0 spiro atoms. The van der Waals surface area contributed by atoms with Crippen LogP contribution >= 0.6 is 0 Å². The zero-order valence-corrected chi connectivity index (χ0v) is 9.44. The minimum absolute atomic E-state index is 0.0353. The summed E-state index contributed by atoms with van der Waals surface area (Å²) in [5, 5.41) is 27.6. The molecule has 0 saturated heterocycles. The summed E-state index contributed by atoms with van der Waals surface area (Å²) in [6.07, 6.45) is 2.45. The van der Waals surface area contributed by atoms with E-state index in [2.05, 4.69) is 9.97 Å². The van der Waals surface area contributed by atoms with Crippen LogP contribution in [0.15, 0.2) is 30.6 Å². The van der Waals surface area contributed by atoms with E-state index in [4.69, 9.17) is 10.2 Å². The van der Waals surface area contributed by atoms with Gasteiger partial charge in [0, 0.05) is 12.4 Å². The first-order chi connectivity index (χ1) is 9.00. The smallest absolute Gasteiger partial charge is 0.339 e. The molecule has 2 aromatic rings. The van der Waals surface area contributed by atoms with Crippen LogP contribution in [0, 0.1) is 0 Å². The number of nitrogens with zero attached hydrogens (tertiary/aromatic N) is 2. The molecule has 0 unspecified atom stereocenters. The van der Waals surface area contributed by atoms with Crippen LogP contribution in [-0.2, 0) is 0 Å². The number of hydrogen-bond donors (Lipinski definition) is 3. The topological polar surface area (TPSA) is 121 Å². The molecule has 2 heterocycles. The van der Waals surface area contributed by atoms with Crippen LogP contribution in [0.5, 0.6) is 5.75 Å². The lowest BCUT2D eigenvalue weighted by molar-refractivity contribution is 0.0683. The van der Waals surface area contributed by atoms with E-state index in [1.807, 2.05) is 0 Å². The number of aromatic carboxylic acids is 2. The van der Waals surface area contributed by atoms with Crippen molar-refractivity contribution in [1.29, 1.82) is 0 Å². The number of rotatable bonds is 3. The summed E-state index contributed by atoms with van der Waals surface area (Å²) in [5.41, 5.74) is -0.358. The third kappa shape index (κ3) is 2.34. The van der Waals surface area contributed by atoms with E-state index in [-0.39, 0.29) is 22.5 Å². The predicted octanol–water partition coefficient (Wildman–Crippen LogP) is 1.25.